The average molecular weight is 434 g/mol. The molecule has 2 aromatic carbocycles. The molecule has 0 amide bonds. The normalized spacial score (nSPS) is 13.9. The van der Waals surface area contributed by atoms with Gasteiger partial charge in [0.25, 0.3) is 0 Å². The Morgan fingerprint density at radius 3 is 2.52 bits per heavy atom. The minimum absolute atomic E-state index is 0.122. The van der Waals surface area contributed by atoms with E-state index in [9.17, 15) is 8.42 Å². The molecular weight excluding hydrogens is 414 g/mol. The van der Waals surface area contributed by atoms with Crippen LogP contribution >= 0.6 is 11.6 Å². The van der Waals surface area contributed by atoms with Gasteiger partial charge in [-0.05, 0) is 73.2 Å². The molecule has 1 aliphatic rings. The van der Waals surface area contributed by atoms with Crippen molar-refractivity contribution in [3.8, 4) is 17.1 Å². The van der Waals surface area contributed by atoms with Gasteiger partial charge in [-0.15, -0.1) is 0 Å². The number of fused-ring (bicyclic) bond motifs is 1. The molecule has 1 N–H and O–H groups in total. The Balaban J connectivity index is 1.53. The smallest absolute Gasteiger partial charge is 0.244 e. The van der Waals surface area contributed by atoms with Gasteiger partial charge in [0.2, 0.25) is 21.7 Å². The van der Waals surface area contributed by atoms with E-state index in [2.05, 4.69) is 14.9 Å². The van der Waals surface area contributed by atoms with Crippen LogP contribution in [0.4, 0.5) is 0 Å². The quantitative estimate of drug-likeness (QED) is 0.636. The lowest BCUT2D eigenvalue weighted by atomic mass is 9.92. The first-order valence-corrected chi connectivity index (χ1v) is 11.1. The molecule has 0 atom stereocenters. The summed E-state index contributed by atoms with van der Waals surface area (Å²) >= 11 is 5.88. The van der Waals surface area contributed by atoms with Crippen molar-refractivity contribution < 1.29 is 17.7 Å². The number of aromatic nitrogens is 2. The fourth-order valence-electron chi connectivity index (χ4n) is 3.39. The highest BCUT2D eigenvalue weighted by Crippen LogP contribution is 2.32. The first kappa shape index (κ1) is 19.9. The zero-order chi connectivity index (χ0) is 20.4. The number of ether oxygens (including phenoxy) is 1. The SMILES string of the molecule is COc1cc2c(cc1S(=O)(=O)NCc1nc(-c3ccc(Cl)cc3)no1)CCCC2. The van der Waals surface area contributed by atoms with Crippen molar-refractivity contribution in [1.29, 1.82) is 0 Å². The van der Waals surface area contributed by atoms with E-state index in [4.69, 9.17) is 20.9 Å². The average Bonchev–Trinajstić information content (AvgIpc) is 3.21. The highest BCUT2D eigenvalue weighted by molar-refractivity contribution is 7.89. The summed E-state index contributed by atoms with van der Waals surface area (Å²) in [7, 11) is -2.34. The summed E-state index contributed by atoms with van der Waals surface area (Å²) < 4.78 is 38.8. The number of nitrogens with zero attached hydrogens (tertiary/aromatic N) is 2. The van der Waals surface area contributed by atoms with Crippen LogP contribution in [0.5, 0.6) is 5.75 Å². The minimum Gasteiger partial charge on any atom is -0.495 e. The lowest BCUT2D eigenvalue weighted by molar-refractivity contribution is 0.375. The number of aryl methyl sites for hydroxylation is 2. The number of hydrogen-bond donors (Lipinski definition) is 1. The molecule has 29 heavy (non-hydrogen) atoms. The van der Waals surface area contributed by atoms with Crippen molar-refractivity contribution in [2.24, 2.45) is 0 Å². The van der Waals surface area contributed by atoms with Crippen molar-refractivity contribution in [2.75, 3.05) is 7.11 Å². The van der Waals surface area contributed by atoms with E-state index in [1.807, 2.05) is 6.07 Å². The summed E-state index contributed by atoms with van der Waals surface area (Å²) in [6.07, 6.45) is 3.97. The molecule has 0 spiro atoms. The monoisotopic (exact) mass is 433 g/mol. The fourth-order valence-corrected chi connectivity index (χ4v) is 4.69. The summed E-state index contributed by atoms with van der Waals surface area (Å²) in [6.45, 7) is -0.122. The number of methoxy groups -OCH3 is 1. The second-order valence-corrected chi connectivity index (χ2v) is 8.99. The lowest BCUT2D eigenvalue weighted by Gasteiger charge is -2.19. The lowest BCUT2D eigenvalue weighted by Crippen LogP contribution is -2.24. The second-order valence-electron chi connectivity index (χ2n) is 6.82. The molecule has 0 fully saturated rings. The molecule has 0 saturated heterocycles. The molecule has 3 aromatic rings. The van der Waals surface area contributed by atoms with Gasteiger partial charge < -0.3 is 9.26 Å². The van der Waals surface area contributed by atoms with Crippen LogP contribution in [0.25, 0.3) is 11.4 Å². The number of rotatable bonds is 6. The van der Waals surface area contributed by atoms with Crippen molar-refractivity contribution >= 4 is 21.6 Å². The summed E-state index contributed by atoms with van der Waals surface area (Å²) in [5, 5.41) is 4.49. The van der Waals surface area contributed by atoms with Crippen molar-refractivity contribution in [3.63, 3.8) is 0 Å². The van der Waals surface area contributed by atoms with Crippen molar-refractivity contribution in [2.45, 2.75) is 37.1 Å². The Morgan fingerprint density at radius 2 is 1.83 bits per heavy atom. The van der Waals surface area contributed by atoms with Gasteiger partial charge >= 0.3 is 0 Å². The van der Waals surface area contributed by atoms with Gasteiger partial charge in [0.1, 0.15) is 10.6 Å². The number of nitrogens with one attached hydrogen (secondary N) is 1. The Labute approximate surface area is 174 Å². The molecule has 0 saturated carbocycles. The van der Waals surface area contributed by atoms with Gasteiger partial charge in [0.05, 0.1) is 13.7 Å². The van der Waals surface area contributed by atoms with Crippen LogP contribution in [0, 0.1) is 0 Å². The third-order valence-electron chi connectivity index (χ3n) is 4.90. The summed E-state index contributed by atoms with van der Waals surface area (Å²) in [6, 6.07) is 10.5. The van der Waals surface area contributed by atoms with E-state index in [-0.39, 0.29) is 17.3 Å². The molecule has 0 unspecified atom stereocenters. The maximum absolute atomic E-state index is 12.9. The Hall–Kier alpha value is -2.42. The third-order valence-corrected chi connectivity index (χ3v) is 6.58. The standard InChI is InChI=1S/C20H20ClN3O4S/c1-27-17-10-14-4-2-3-5-15(14)11-18(17)29(25,26)22-12-19-23-20(24-28-19)13-6-8-16(21)9-7-13/h6-11,22H,2-5,12H2,1H3. The van der Waals surface area contributed by atoms with Crippen LogP contribution in [0.3, 0.4) is 0 Å². The van der Waals surface area contributed by atoms with Crippen LogP contribution in [-0.2, 0) is 29.4 Å². The first-order chi connectivity index (χ1) is 14.0. The maximum atomic E-state index is 12.9. The molecule has 1 aliphatic carbocycles. The van der Waals surface area contributed by atoms with E-state index in [1.165, 1.54) is 7.11 Å². The van der Waals surface area contributed by atoms with Gasteiger partial charge in [-0.2, -0.15) is 4.98 Å². The summed E-state index contributed by atoms with van der Waals surface area (Å²) in [5.74, 6) is 0.864. The fraction of sp³-hybridized carbons (Fsp3) is 0.300. The topological polar surface area (TPSA) is 94.3 Å². The Morgan fingerprint density at radius 1 is 1.14 bits per heavy atom. The van der Waals surface area contributed by atoms with Gasteiger partial charge in [0.15, 0.2) is 0 Å². The number of sulfonamides is 1. The highest BCUT2D eigenvalue weighted by Gasteiger charge is 2.24. The molecule has 0 bridgehead atoms. The first-order valence-electron chi connectivity index (χ1n) is 9.24. The van der Waals surface area contributed by atoms with Gasteiger partial charge in [-0.3, -0.25) is 0 Å². The predicted molar refractivity (Wildman–Crippen MR) is 108 cm³/mol. The van der Waals surface area contributed by atoms with E-state index >= 15 is 0 Å². The molecule has 9 heteroatoms. The van der Waals surface area contributed by atoms with Crippen LogP contribution in [0.1, 0.15) is 29.9 Å². The molecule has 152 valence electrons. The van der Waals surface area contributed by atoms with E-state index in [1.54, 1.807) is 30.3 Å². The minimum atomic E-state index is -3.82. The van der Waals surface area contributed by atoms with Crippen LogP contribution < -0.4 is 9.46 Å². The van der Waals surface area contributed by atoms with Crippen LogP contribution in [0.15, 0.2) is 45.8 Å². The largest absolute Gasteiger partial charge is 0.495 e. The zero-order valence-corrected chi connectivity index (χ0v) is 17.4. The van der Waals surface area contributed by atoms with Gasteiger partial charge in [-0.1, -0.05) is 16.8 Å². The summed E-state index contributed by atoms with van der Waals surface area (Å²) in [4.78, 5) is 4.36. The second kappa shape index (κ2) is 8.14. The van der Waals surface area contributed by atoms with E-state index < -0.39 is 10.0 Å². The van der Waals surface area contributed by atoms with E-state index in [0.29, 0.717) is 16.6 Å². The number of benzene rings is 2. The number of hydrogen-bond acceptors (Lipinski definition) is 6. The Kier molecular flexibility index (Phi) is 5.58. The van der Waals surface area contributed by atoms with Crippen molar-refractivity contribution in [3.05, 3.63) is 58.4 Å². The molecular formula is C20H20ClN3O4S. The highest BCUT2D eigenvalue weighted by atomic mass is 35.5. The maximum Gasteiger partial charge on any atom is 0.244 e. The predicted octanol–water partition coefficient (Wildman–Crippen LogP) is 3.76. The van der Waals surface area contributed by atoms with Crippen LogP contribution in [0.2, 0.25) is 5.02 Å². The molecule has 4 rings (SSSR count). The Bertz CT molecular complexity index is 1130. The third kappa shape index (κ3) is 4.29. The van der Waals surface area contributed by atoms with Crippen molar-refractivity contribution in [1.82, 2.24) is 14.9 Å². The molecule has 0 radical (unpaired) electrons. The molecule has 7 nitrogen and oxygen atoms in total. The van der Waals surface area contributed by atoms with Gasteiger partial charge in [-0.25, -0.2) is 13.1 Å². The summed E-state index contributed by atoms with van der Waals surface area (Å²) in [5.41, 5.74) is 2.93. The van der Waals surface area contributed by atoms with E-state index in [0.717, 1.165) is 42.4 Å². The molecule has 1 heterocycles. The zero-order valence-electron chi connectivity index (χ0n) is 15.8. The molecule has 1 aromatic heterocycles. The van der Waals surface area contributed by atoms with Crippen LogP contribution in [-0.4, -0.2) is 25.7 Å². The molecule has 0 aliphatic heterocycles. The number of halogens is 1. The van der Waals surface area contributed by atoms with Gasteiger partial charge in [0, 0.05) is 10.6 Å².